The predicted molar refractivity (Wildman–Crippen MR) is 80.3 cm³/mol. The van der Waals surface area contributed by atoms with Crippen LogP contribution in [0.5, 0.6) is 0 Å². The largest absolute Gasteiger partial charge is 0.481 e. The summed E-state index contributed by atoms with van der Waals surface area (Å²) in [6, 6.07) is 0.0145. The Hall–Kier alpha value is -1.63. The lowest BCUT2D eigenvalue weighted by molar-refractivity contribution is -0.137. The second kappa shape index (κ2) is 6.89. The van der Waals surface area contributed by atoms with E-state index in [-0.39, 0.29) is 12.5 Å². The van der Waals surface area contributed by atoms with Gasteiger partial charge in [-0.2, -0.15) is 0 Å². The Morgan fingerprint density at radius 2 is 2.33 bits per heavy atom. The fourth-order valence-electron chi connectivity index (χ4n) is 2.57. The van der Waals surface area contributed by atoms with E-state index in [2.05, 4.69) is 4.98 Å². The quantitative estimate of drug-likeness (QED) is 0.904. The van der Waals surface area contributed by atoms with E-state index in [4.69, 9.17) is 5.11 Å². The minimum absolute atomic E-state index is 0.0145. The molecule has 1 aliphatic heterocycles. The van der Waals surface area contributed by atoms with E-state index in [1.54, 1.807) is 28.8 Å². The van der Waals surface area contributed by atoms with Crippen LogP contribution in [-0.4, -0.2) is 52.0 Å². The average Bonchev–Trinajstić information content (AvgIpc) is 3.05. The summed E-state index contributed by atoms with van der Waals surface area (Å²) in [5.74, 6) is -0.457. The molecular formula is C14H21N3O3S. The molecule has 2 heterocycles. The number of hydrogen-bond donors (Lipinski definition) is 1. The van der Waals surface area contributed by atoms with Crippen molar-refractivity contribution in [1.29, 1.82) is 0 Å². The Morgan fingerprint density at radius 1 is 1.57 bits per heavy atom. The summed E-state index contributed by atoms with van der Waals surface area (Å²) in [5.41, 5.74) is 2.77. The summed E-state index contributed by atoms with van der Waals surface area (Å²) in [6.45, 7) is 3.90. The molecule has 21 heavy (non-hydrogen) atoms. The maximum Gasteiger partial charge on any atom is 0.320 e. The van der Waals surface area contributed by atoms with Crippen LogP contribution >= 0.6 is 11.3 Å². The fraction of sp³-hybridized carbons (Fsp3) is 0.643. The third-order valence-electron chi connectivity index (χ3n) is 3.88. The number of nitrogens with zero attached hydrogens (tertiary/aromatic N) is 3. The van der Waals surface area contributed by atoms with Crippen LogP contribution in [0.4, 0.5) is 4.79 Å². The van der Waals surface area contributed by atoms with Gasteiger partial charge in [-0.3, -0.25) is 4.79 Å². The van der Waals surface area contributed by atoms with Gasteiger partial charge in [0.25, 0.3) is 0 Å². The first-order valence-electron chi connectivity index (χ1n) is 7.08. The van der Waals surface area contributed by atoms with Gasteiger partial charge in [0.05, 0.1) is 17.7 Å². The second-order valence-corrected chi connectivity index (χ2v) is 6.47. The molecule has 1 aromatic rings. The maximum absolute atomic E-state index is 12.4. The lowest BCUT2D eigenvalue weighted by Gasteiger charge is -2.24. The van der Waals surface area contributed by atoms with Gasteiger partial charge in [-0.05, 0) is 25.7 Å². The molecule has 1 fully saturated rings. The van der Waals surface area contributed by atoms with Gasteiger partial charge in [0.1, 0.15) is 0 Å². The molecule has 2 rings (SSSR count). The molecule has 1 unspecified atom stereocenters. The van der Waals surface area contributed by atoms with Gasteiger partial charge in [0.2, 0.25) is 0 Å². The Bertz CT molecular complexity index is 517. The molecule has 7 heteroatoms. The lowest BCUT2D eigenvalue weighted by atomic mass is 10.0. The van der Waals surface area contributed by atoms with Crippen molar-refractivity contribution in [3.63, 3.8) is 0 Å². The van der Waals surface area contributed by atoms with E-state index in [0.29, 0.717) is 25.4 Å². The summed E-state index contributed by atoms with van der Waals surface area (Å²) in [4.78, 5) is 31.8. The molecule has 2 amide bonds. The van der Waals surface area contributed by atoms with E-state index >= 15 is 0 Å². The molecular weight excluding hydrogens is 290 g/mol. The molecule has 1 saturated heterocycles. The van der Waals surface area contributed by atoms with Gasteiger partial charge >= 0.3 is 12.0 Å². The van der Waals surface area contributed by atoms with Crippen molar-refractivity contribution in [2.45, 2.75) is 32.7 Å². The molecule has 0 bridgehead atoms. The van der Waals surface area contributed by atoms with Crippen LogP contribution in [0.15, 0.2) is 5.51 Å². The van der Waals surface area contributed by atoms with E-state index in [1.165, 1.54) is 0 Å². The normalized spacial score (nSPS) is 18.0. The Balaban J connectivity index is 1.83. The van der Waals surface area contributed by atoms with E-state index in [9.17, 15) is 9.59 Å². The number of likely N-dealkylation sites (tertiary alicyclic amines) is 1. The molecule has 0 aromatic carbocycles. The first-order valence-corrected chi connectivity index (χ1v) is 7.96. The third-order valence-corrected chi connectivity index (χ3v) is 4.79. The lowest BCUT2D eigenvalue weighted by Crippen LogP contribution is -2.39. The summed E-state index contributed by atoms with van der Waals surface area (Å²) >= 11 is 1.56. The van der Waals surface area contributed by atoms with Crippen LogP contribution in [0, 0.1) is 12.8 Å². The molecule has 116 valence electrons. The zero-order valence-electron chi connectivity index (χ0n) is 12.4. The maximum atomic E-state index is 12.4. The molecule has 1 aliphatic rings. The second-order valence-electron chi connectivity index (χ2n) is 5.53. The zero-order valence-corrected chi connectivity index (χ0v) is 13.2. The van der Waals surface area contributed by atoms with Crippen molar-refractivity contribution in [2.75, 3.05) is 20.1 Å². The number of aliphatic carboxylic acids is 1. The minimum atomic E-state index is -0.766. The number of aromatic nitrogens is 1. The topological polar surface area (TPSA) is 73.7 Å². The summed E-state index contributed by atoms with van der Waals surface area (Å²) in [5, 5.41) is 8.71. The molecule has 0 saturated carbocycles. The average molecular weight is 311 g/mol. The first-order chi connectivity index (χ1) is 9.97. The highest BCUT2D eigenvalue weighted by molar-refractivity contribution is 7.09. The van der Waals surface area contributed by atoms with E-state index in [1.807, 2.05) is 11.8 Å². The number of aryl methyl sites for hydroxylation is 1. The predicted octanol–water partition coefficient (Wildman–Crippen LogP) is 2.19. The summed E-state index contributed by atoms with van der Waals surface area (Å²) in [6.07, 6.45) is 1.73. The molecule has 6 nitrogen and oxygen atoms in total. The Kier molecular flexibility index (Phi) is 5.17. The summed E-state index contributed by atoms with van der Waals surface area (Å²) < 4.78 is 0. The fourth-order valence-corrected chi connectivity index (χ4v) is 3.40. The number of amides is 2. The van der Waals surface area contributed by atoms with Crippen molar-refractivity contribution in [3.05, 3.63) is 16.1 Å². The number of carboxylic acids is 1. The highest BCUT2D eigenvalue weighted by Crippen LogP contribution is 2.23. The van der Waals surface area contributed by atoms with Crippen LogP contribution in [0.2, 0.25) is 0 Å². The van der Waals surface area contributed by atoms with Crippen molar-refractivity contribution in [1.82, 2.24) is 14.8 Å². The van der Waals surface area contributed by atoms with Crippen molar-refractivity contribution in [3.8, 4) is 0 Å². The minimum Gasteiger partial charge on any atom is -0.481 e. The molecule has 0 spiro atoms. The zero-order chi connectivity index (χ0) is 15.4. The third kappa shape index (κ3) is 4.17. The van der Waals surface area contributed by atoms with Crippen LogP contribution in [0.25, 0.3) is 0 Å². The number of hydrogen-bond acceptors (Lipinski definition) is 4. The Morgan fingerprint density at radius 3 is 2.95 bits per heavy atom. The number of urea groups is 1. The molecule has 0 aliphatic carbocycles. The first kappa shape index (κ1) is 15.8. The van der Waals surface area contributed by atoms with Crippen LogP contribution in [0.1, 0.15) is 29.8 Å². The number of rotatable bonds is 5. The van der Waals surface area contributed by atoms with Gasteiger partial charge in [0, 0.05) is 31.4 Å². The molecule has 1 N–H and O–H groups in total. The number of thiazole rings is 1. The highest BCUT2D eigenvalue weighted by atomic mass is 32.1. The molecule has 1 atom stereocenters. The van der Waals surface area contributed by atoms with E-state index < -0.39 is 5.97 Å². The van der Waals surface area contributed by atoms with Crippen LogP contribution in [-0.2, 0) is 11.3 Å². The molecule has 1 aromatic heterocycles. The van der Waals surface area contributed by atoms with Gasteiger partial charge in [-0.1, -0.05) is 0 Å². The number of carbonyl (C=O) groups is 2. The van der Waals surface area contributed by atoms with Gasteiger partial charge in [-0.25, -0.2) is 9.78 Å². The molecule has 0 radical (unpaired) electrons. The number of carbonyl (C=O) groups excluding carboxylic acids is 1. The SMILES string of the molecule is Cc1ncsc1CN(C)C(=O)N1CCC(CCC(=O)O)C1. The van der Waals surface area contributed by atoms with Crippen LogP contribution < -0.4 is 0 Å². The van der Waals surface area contributed by atoms with Crippen molar-refractivity contribution in [2.24, 2.45) is 5.92 Å². The van der Waals surface area contributed by atoms with E-state index in [0.717, 1.165) is 23.5 Å². The van der Waals surface area contributed by atoms with Gasteiger partial charge in [-0.15, -0.1) is 11.3 Å². The smallest absolute Gasteiger partial charge is 0.320 e. The van der Waals surface area contributed by atoms with Crippen molar-refractivity contribution >= 4 is 23.3 Å². The highest BCUT2D eigenvalue weighted by Gasteiger charge is 2.28. The van der Waals surface area contributed by atoms with Crippen molar-refractivity contribution < 1.29 is 14.7 Å². The number of carboxylic acid groups (broad SMARTS) is 1. The van der Waals surface area contributed by atoms with Gasteiger partial charge in [0.15, 0.2) is 0 Å². The van der Waals surface area contributed by atoms with Gasteiger partial charge < -0.3 is 14.9 Å². The van der Waals surface area contributed by atoms with Crippen LogP contribution in [0.3, 0.4) is 0 Å². The monoisotopic (exact) mass is 311 g/mol. The Labute approximate surface area is 128 Å². The summed E-state index contributed by atoms with van der Waals surface area (Å²) in [7, 11) is 1.80. The standard InChI is InChI=1S/C14H21N3O3S/c1-10-12(21-9-15-10)8-16(2)14(20)17-6-5-11(7-17)3-4-13(18)19/h9,11H,3-8H2,1-2H3,(H,18,19).